The van der Waals surface area contributed by atoms with Crippen molar-refractivity contribution in [3.05, 3.63) is 35.0 Å². The highest BCUT2D eigenvalue weighted by molar-refractivity contribution is 7.29. The Morgan fingerprint density at radius 3 is 2.81 bits per heavy atom. The van der Waals surface area contributed by atoms with Crippen LogP contribution >= 0.6 is 22.7 Å². The third-order valence-electron chi connectivity index (χ3n) is 4.68. The number of nitrogens with zero attached hydrogens (tertiary/aromatic N) is 3. The highest BCUT2D eigenvalue weighted by atomic mass is 32.1. The highest BCUT2D eigenvalue weighted by Crippen LogP contribution is 2.36. The first-order chi connectivity index (χ1) is 13.2. The lowest BCUT2D eigenvalue weighted by atomic mass is 10.1. The van der Waals surface area contributed by atoms with Gasteiger partial charge in [-0.05, 0) is 43.5 Å². The molecule has 1 aliphatic heterocycles. The molecule has 8 heteroatoms. The van der Waals surface area contributed by atoms with Gasteiger partial charge in [-0.25, -0.2) is 9.97 Å². The van der Waals surface area contributed by atoms with Gasteiger partial charge in [-0.3, -0.25) is 4.79 Å². The van der Waals surface area contributed by atoms with E-state index in [4.69, 9.17) is 9.40 Å². The number of hydrogen-bond acceptors (Lipinski definition) is 7. The second-order valence-corrected chi connectivity index (χ2v) is 8.73. The summed E-state index contributed by atoms with van der Waals surface area (Å²) in [5.41, 5.74) is 2.17. The molecule has 0 spiro atoms. The molecule has 1 aromatic carbocycles. The topological polar surface area (TPSA) is 71.3 Å². The number of aromatic nitrogens is 2. The monoisotopic (exact) mass is 398 g/mol. The fourth-order valence-electron chi connectivity index (χ4n) is 3.37. The van der Waals surface area contributed by atoms with Crippen molar-refractivity contribution in [2.75, 3.05) is 23.3 Å². The molecule has 1 aliphatic rings. The average molecular weight is 399 g/mol. The zero-order valence-corrected chi connectivity index (χ0v) is 16.5. The molecule has 0 unspecified atom stereocenters. The number of carbonyl (C=O) groups is 1. The van der Waals surface area contributed by atoms with Crippen LogP contribution in [0.25, 0.3) is 20.6 Å². The maximum absolute atomic E-state index is 12.6. The molecule has 0 radical (unpaired) electrons. The van der Waals surface area contributed by atoms with Gasteiger partial charge in [0.05, 0.1) is 9.58 Å². The smallest absolute Gasteiger partial charge is 0.265 e. The van der Waals surface area contributed by atoms with E-state index in [2.05, 4.69) is 15.2 Å². The predicted octanol–water partition coefficient (Wildman–Crippen LogP) is 5.05. The largest absolute Gasteiger partial charge is 0.441 e. The first-order valence-corrected chi connectivity index (χ1v) is 10.6. The lowest BCUT2D eigenvalue weighted by Crippen LogP contribution is -2.29. The van der Waals surface area contributed by atoms with Gasteiger partial charge in [-0.2, -0.15) is 0 Å². The molecule has 5 rings (SSSR count). The molecule has 0 bridgehead atoms. The summed E-state index contributed by atoms with van der Waals surface area (Å²) in [7, 11) is 0. The second kappa shape index (κ2) is 6.61. The molecule has 0 aliphatic carbocycles. The number of nitrogens with one attached hydrogen (secondary N) is 1. The van der Waals surface area contributed by atoms with Crippen molar-refractivity contribution in [3.8, 4) is 0 Å². The zero-order valence-electron chi connectivity index (χ0n) is 14.8. The van der Waals surface area contributed by atoms with Crippen LogP contribution < -0.4 is 10.2 Å². The average Bonchev–Trinajstić information content (AvgIpc) is 3.33. The molecule has 1 fully saturated rings. The van der Waals surface area contributed by atoms with Crippen LogP contribution in [0, 0.1) is 6.92 Å². The van der Waals surface area contributed by atoms with Crippen molar-refractivity contribution in [2.45, 2.75) is 26.2 Å². The van der Waals surface area contributed by atoms with Crippen LogP contribution in [-0.2, 0) is 0 Å². The molecule has 0 atom stereocenters. The van der Waals surface area contributed by atoms with Gasteiger partial charge in [0, 0.05) is 25.7 Å². The number of hydrogen-bond donors (Lipinski definition) is 1. The van der Waals surface area contributed by atoms with Crippen molar-refractivity contribution in [1.29, 1.82) is 0 Å². The number of oxazole rings is 1. The van der Waals surface area contributed by atoms with Gasteiger partial charge >= 0.3 is 0 Å². The molecule has 4 heterocycles. The number of thiazole rings is 1. The van der Waals surface area contributed by atoms with Gasteiger partial charge in [0.15, 0.2) is 16.6 Å². The first kappa shape index (κ1) is 16.7. The van der Waals surface area contributed by atoms with E-state index in [1.807, 2.05) is 31.2 Å². The molecule has 3 aromatic heterocycles. The Morgan fingerprint density at radius 2 is 2.00 bits per heavy atom. The van der Waals surface area contributed by atoms with Crippen LogP contribution in [0.5, 0.6) is 0 Å². The van der Waals surface area contributed by atoms with Crippen LogP contribution in [0.2, 0.25) is 0 Å². The van der Waals surface area contributed by atoms with Gasteiger partial charge < -0.3 is 14.6 Å². The number of carbonyl (C=O) groups excluding carboxylic acids is 1. The molecule has 138 valence electrons. The predicted molar refractivity (Wildman–Crippen MR) is 110 cm³/mol. The van der Waals surface area contributed by atoms with Crippen LogP contribution in [0.4, 0.5) is 10.8 Å². The summed E-state index contributed by atoms with van der Waals surface area (Å²) in [6, 6.07) is 7.42. The van der Waals surface area contributed by atoms with Gasteiger partial charge in [-0.1, -0.05) is 11.3 Å². The molecule has 27 heavy (non-hydrogen) atoms. The van der Waals surface area contributed by atoms with Crippen LogP contribution in [0.3, 0.4) is 0 Å². The SMILES string of the molecule is Cc1nc2cc(NC(=O)c3cc4sc(N5CCCCC5)nc4s3)ccc2o1. The maximum atomic E-state index is 12.6. The van der Waals surface area contributed by atoms with E-state index >= 15 is 0 Å². The van der Waals surface area contributed by atoms with Gasteiger partial charge in [0.25, 0.3) is 5.91 Å². The molecule has 1 N–H and O–H groups in total. The van der Waals surface area contributed by atoms with Crippen molar-refractivity contribution in [2.24, 2.45) is 0 Å². The van der Waals surface area contributed by atoms with Gasteiger partial charge in [0.2, 0.25) is 0 Å². The Balaban J connectivity index is 1.35. The van der Waals surface area contributed by atoms with E-state index in [0.29, 0.717) is 16.5 Å². The van der Waals surface area contributed by atoms with Gasteiger partial charge in [-0.15, -0.1) is 11.3 Å². The van der Waals surface area contributed by atoms with Gasteiger partial charge in [0.1, 0.15) is 10.3 Å². The molecule has 4 aromatic rings. The maximum Gasteiger partial charge on any atom is 0.265 e. The number of anilines is 2. The third kappa shape index (κ3) is 3.19. The van der Waals surface area contributed by atoms with E-state index in [9.17, 15) is 4.79 Å². The molecular weight excluding hydrogens is 380 g/mol. The minimum Gasteiger partial charge on any atom is -0.441 e. The standard InChI is InChI=1S/C19H18N4O2S2/c1-11-20-13-9-12(5-6-14(13)25-11)21-17(24)15-10-16-18(26-15)22-19(27-16)23-7-3-2-4-8-23/h5-6,9-10H,2-4,7-8H2,1H3,(H,21,24). The summed E-state index contributed by atoms with van der Waals surface area (Å²) in [6.45, 7) is 3.97. The Labute approximate surface area is 163 Å². The second-order valence-electron chi connectivity index (χ2n) is 6.69. The summed E-state index contributed by atoms with van der Waals surface area (Å²) in [6.07, 6.45) is 3.77. The van der Waals surface area contributed by atoms with E-state index in [-0.39, 0.29) is 5.91 Å². The third-order valence-corrected chi connectivity index (χ3v) is 6.90. The first-order valence-electron chi connectivity index (χ1n) is 8.99. The Hall–Kier alpha value is -2.45. The van der Waals surface area contributed by atoms with Crippen molar-refractivity contribution < 1.29 is 9.21 Å². The summed E-state index contributed by atoms with van der Waals surface area (Å²) in [5, 5.41) is 4.02. The van der Waals surface area contributed by atoms with Crippen LogP contribution in [0.15, 0.2) is 28.7 Å². The number of rotatable bonds is 3. The minimum atomic E-state index is -0.121. The fourth-order valence-corrected chi connectivity index (χ4v) is 5.53. The van der Waals surface area contributed by atoms with Crippen LogP contribution in [0.1, 0.15) is 34.8 Å². The summed E-state index contributed by atoms with van der Waals surface area (Å²) < 4.78 is 6.55. The Morgan fingerprint density at radius 1 is 1.15 bits per heavy atom. The number of benzene rings is 1. The number of fused-ring (bicyclic) bond motifs is 2. The summed E-state index contributed by atoms with van der Waals surface area (Å²) >= 11 is 3.12. The number of aryl methyl sites for hydroxylation is 1. The Kier molecular flexibility index (Phi) is 4.09. The van der Waals surface area contributed by atoms with Crippen LogP contribution in [-0.4, -0.2) is 29.0 Å². The number of piperidine rings is 1. The van der Waals surface area contributed by atoms with E-state index in [1.54, 1.807) is 11.3 Å². The summed E-state index contributed by atoms with van der Waals surface area (Å²) in [5.74, 6) is 0.492. The molecule has 1 saturated heterocycles. The highest BCUT2D eigenvalue weighted by Gasteiger charge is 2.19. The van der Waals surface area contributed by atoms with Crippen molar-refractivity contribution in [1.82, 2.24) is 9.97 Å². The minimum absolute atomic E-state index is 0.121. The lowest BCUT2D eigenvalue weighted by molar-refractivity contribution is 0.103. The summed E-state index contributed by atoms with van der Waals surface area (Å²) in [4.78, 5) is 25.7. The zero-order chi connectivity index (χ0) is 18.4. The quantitative estimate of drug-likeness (QED) is 0.523. The number of amides is 1. The van der Waals surface area contributed by atoms with Crippen molar-refractivity contribution >= 4 is 60.0 Å². The Bertz CT molecular complexity index is 1110. The van der Waals surface area contributed by atoms with Crippen molar-refractivity contribution in [3.63, 3.8) is 0 Å². The fraction of sp³-hybridized carbons (Fsp3) is 0.316. The molecule has 6 nitrogen and oxygen atoms in total. The van der Waals surface area contributed by atoms with E-state index in [1.165, 1.54) is 30.6 Å². The lowest BCUT2D eigenvalue weighted by Gasteiger charge is -2.25. The molecule has 0 saturated carbocycles. The molecule has 1 amide bonds. The normalized spacial score (nSPS) is 14.9. The number of thiophene rings is 1. The van der Waals surface area contributed by atoms with E-state index < -0.39 is 0 Å². The van der Waals surface area contributed by atoms with E-state index in [0.717, 1.165) is 38.9 Å². The molecular formula is C19H18N4O2S2.